The van der Waals surface area contributed by atoms with E-state index in [0.717, 1.165) is 5.69 Å². The van der Waals surface area contributed by atoms with Crippen LogP contribution >= 0.6 is 12.2 Å². The summed E-state index contributed by atoms with van der Waals surface area (Å²) in [6.45, 7) is 2.51. The number of ether oxygens (including phenoxy) is 3. The highest BCUT2D eigenvalue weighted by molar-refractivity contribution is 7.92. The summed E-state index contributed by atoms with van der Waals surface area (Å²) in [4.78, 5) is 2.20. The Morgan fingerprint density at radius 2 is 1.44 bits per heavy atom. The monoisotopic (exact) mass is 528 g/mol. The molecule has 0 bridgehead atoms. The van der Waals surface area contributed by atoms with Gasteiger partial charge in [0.25, 0.3) is 10.0 Å². The van der Waals surface area contributed by atoms with Crippen molar-refractivity contribution in [3.05, 3.63) is 66.7 Å². The van der Waals surface area contributed by atoms with Gasteiger partial charge in [-0.05, 0) is 54.7 Å². The van der Waals surface area contributed by atoms with Crippen molar-refractivity contribution < 1.29 is 22.6 Å². The molecular weight excluding hydrogens is 500 g/mol. The van der Waals surface area contributed by atoms with E-state index >= 15 is 0 Å². The first kappa shape index (κ1) is 25.5. The molecule has 11 heteroatoms. The van der Waals surface area contributed by atoms with Crippen LogP contribution in [0.15, 0.2) is 71.6 Å². The van der Waals surface area contributed by atoms with Gasteiger partial charge in [-0.25, -0.2) is 8.42 Å². The van der Waals surface area contributed by atoms with Crippen LogP contribution in [0, 0.1) is 0 Å². The summed E-state index contributed by atoms with van der Waals surface area (Å²) in [6.07, 6.45) is 0. The quantitative estimate of drug-likeness (QED) is 0.372. The van der Waals surface area contributed by atoms with Crippen molar-refractivity contribution in [2.24, 2.45) is 0 Å². The second kappa shape index (κ2) is 11.5. The fraction of sp³-hybridized carbons (Fsp3) is 0.240. The Balaban J connectivity index is 1.64. The number of thiocarbonyl (C=S) groups is 1. The molecule has 0 aromatic heterocycles. The van der Waals surface area contributed by atoms with Crippen LogP contribution in [0.2, 0.25) is 0 Å². The second-order valence-corrected chi connectivity index (χ2v) is 9.95. The molecule has 0 atom stereocenters. The number of sulfonamides is 1. The minimum absolute atomic E-state index is 0.0769. The molecule has 1 fully saturated rings. The van der Waals surface area contributed by atoms with Crippen LogP contribution in [-0.2, 0) is 14.8 Å². The first-order valence-corrected chi connectivity index (χ1v) is 13.1. The topological polar surface area (TPSA) is 101 Å². The summed E-state index contributed by atoms with van der Waals surface area (Å²) in [5.41, 5.74) is 2.40. The molecule has 1 heterocycles. The molecule has 9 nitrogen and oxygen atoms in total. The normalized spacial score (nSPS) is 13.6. The van der Waals surface area contributed by atoms with Crippen molar-refractivity contribution in [2.75, 3.05) is 60.8 Å². The standard InChI is InChI=1S/C25H28N4O5S2/c1-32-23-9-5-3-7-19(23)26-25(35)27-21-17-18(11-12-22(21)29-13-15-34-16-14-29)36(30,31)28-20-8-4-6-10-24(20)33-2/h3-12,17,28H,13-16H2,1-2H3,(H2,26,27,35). The lowest BCUT2D eigenvalue weighted by atomic mass is 10.2. The lowest BCUT2D eigenvalue weighted by molar-refractivity contribution is 0.123. The van der Waals surface area contributed by atoms with Crippen LogP contribution in [0.1, 0.15) is 0 Å². The molecule has 1 aliphatic heterocycles. The van der Waals surface area contributed by atoms with Crippen LogP contribution in [-0.4, -0.2) is 54.1 Å². The number of anilines is 4. The number of para-hydroxylation sites is 4. The van der Waals surface area contributed by atoms with Gasteiger partial charge in [0.2, 0.25) is 0 Å². The van der Waals surface area contributed by atoms with Gasteiger partial charge in [0.1, 0.15) is 11.5 Å². The van der Waals surface area contributed by atoms with Crippen LogP contribution in [0.25, 0.3) is 0 Å². The molecule has 1 saturated heterocycles. The molecule has 36 heavy (non-hydrogen) atoms. The Kier molecular flexibility index (Phi) is 8.14. The van der Waals surface area contributed by atoms with Crippen molar-refractivity contribution in [1.82, 2.24) is 0 Å². The molecule has 1 aliphatic rings. The van der Waals surface area contributed by atoms with Crippen molar-refractivity contribution in [3.63, 3.8) is 0 Å². The smallest absolute Gasteiger partial charge is 0.262 e. The lowest BCUT2D eigenvalue weighted by Crippen LogP contribution is -2.37. The minimum atomic E-state index is -3.92. The molecule has 190 valence electrons. The van der Waals surface area contributed by atoms with E-state index in [1.165, 1.54) is 7.11 Å². The number of benzene rings is 3. The van der Waals surface area contributed by atoms with E-state index in [0.29, 0.717) is 60.0 Å². The number of nitrogens with one attached hydrogen (secondary N) is 3. The maximum atomic E-state index is 13.3. The van der Waals surface area contributed by atoms with E-state index in [2.05, 4.69) is 20.3 Å². The number of hydrogen-bond acceptors (Lipinski definition) is 7. The predicted molar refractivity (Wildman–Crippen MR) is 146 cm³/mol. The zero-order valence-corrected chi connectivity index (χ0v) is 21.6. The highest BCUT2D eigenvalue weighted by Gasteiger charge is 2.22. The van der Waals surface area contributed by atoms with E-state index in [1.54, 1.807) is 49.6 Å². The van der Waals surface area contributed by atoms with Gasteiger partial charge in [-0.2, -0.15) is 0 Å². The minimum Gasteiger partial charge on any atom is -0.495 e. The number of methoxy groups -OCH3 is 2. The summed E-state index contributed by atoms with van der Waals surface area (Å²) in [7, 11) is -0.850. The molecule has 3 aromatic carbocycles. The third-order valence-electron chi connectivity index (χ3n) is 5.58. The Morgan fingerprint density at radius 3 is 2.11 bits per heavy atom. The van der Waals surface area contributed by atoms with Crippen LogP contribution in [0.3, 0.4) is 0 Å². The first-order valence-electron chi connectivity index (χ1n) is 11.2. The Morgan fingerprint density at radius 1 is 0.861 bits per heavy atom. The molecular formula is C25H28N4O5S2. The van der Waals surface area contributed by atoms with Crippen LogP contribution < -0.4 is 29.7 Å². The largest absolute Gasteiger partial charge is 0.495 e. The summed E-state index contributed by atoms with van der Waals surface area (Å²) in [5, 5.41) is 6.59. The summed E-state index contributed by atoms with van der Waals surface area (Å²) >= 11 is 5.56. The zero-order chi connectivity index (χ0) is 25.5. The maximum absolute atomic E-state index is 13.3. The first-order chi connectivity index (χ1) is 17.4. The van der Waals surface area contributed by atoms with Gasteiger partial charge < -0.3 is 29.7 Å². The molecule has 0 amide bonds. The molecule has 3 aromatic rings. The average molecular weight is 529 g/mol. The molecule has 0 aliphatic carbocycles. The zero-order valence-electron chi connectivity index (χ0n) is 20.0. The summed E-state index contributed by atoms with van der Waals surface area (Å²) in [6, 6.07) is 19.1. The Labute approximate surface area is 216 Å². The van der Waals surface area contributed by atoms with E-state index < -0.39 is 10.0 Å². The van der Waals surface area contributed by atoms with E-state index in [4.69, 9.17) is 26.4 Å². The van der Waals surface area contributed by atoms with Gasteiger partial charge in [0, 0.05) is 13.1 Å². The Bertz CT molecular complexity index is 1330. The number of nitrogens with zero attached hydrogens (tertiary/aromatic N) is 1. The van der Waals surface area contributed by atoms with Gasteiger partial charge in [-0.3, -0.25) is 4.72 Å². The lowest BCUT2D eigenvalue weighted by Gasteiger charge is -2.31. The second-order valence-electron chi connectivity index (χ2n) is 7.86. The van der Waals surface area contributed by atoms with E-state index in [1.807, 2.05) is 24.3 Å². The van der Waals surface area contributed by atoms with Gasteiger partial charge in [0.15, 0.2) is 5.11 Å². The molecule has 0 radical (unpaired) electrons. The van der Waals surface area contributed by atoms with E-state index in [-0.39, 0.29) is 4.90 Å². The number of rotatable bonds is 8. The van der Waals surface area contributed by atoms with E-state index in [9.17, 15) is 8.42 Å². The van der Waals surface area contributed by atoms with Gasteiger partial charge in [0.05, 0.1) is 55.1 Å². The average Bonchev–Trinajstić information content (AvgIpc) is 2.89. The van der Waals surface area contributed by atoms with Gasteiger partial charge in [-0.15, -0.1) is 0 Å². The van der Waals surface area contributed by atoms with Crippen molar-refractivity contribution in [1.29, 1.82) is 0 Å². The number of morpholine rings is 1. The highest BCUT2D eigenvalue weighted by Crippen LogP contribution is 2.32. The van der Waals surface area contributed by atoms with Crippen molar-refractivity contribution in [2.45, 2.75) is 4.90 Å². The van der Waals surface area contributed by atoms with Crippen LogP contribution in [0.4, 0.5) is 22.7 Å². The summed E-state index contributed by atoms with van der Waals surface area (Å²) in [5.74, 6) is 1.05. The highest BCUT2D eigenvalue weighted by atomic mass is 32.2. The molecule has 3 N–H and O–H groups in total. The van der Waals surface area contributed by atoms with Crippen molar-refractivity contribution in [3.8, 4) is 11.5 Å². The molecule has 0 saturated carbocycles. The molecule has 4 rings (SSSR count). The van der Waals surface area contributed by atoms with Gasteiger partial charge in [-0.1, -0.05) is 24.3 Å². The molecule has 0 spiro atoms. The summed E-state index contributed by atoms with van der Waals surface area (Å²) < 4.78 is 45.3. The Hall–Kier alpha value is -3.54. The fourth-order valence-electron chi connectivity index (χ4n) is 3.82. The fourth-order valence-corrected chi connectivity index (χ4v) is 5.13. The molecule has 0 unspecified atom stereocenters. The number of hydrogen-bond donors (Lipinski definition) is 3. The predicted octanol–water partition coefficient (Wildman–Crippen LogP) is 4.15. The third-order valence-corrected chi connectivity index (χ3v) is 7.15. The van der Waals surface area contributed by atoms with Crippen molar-refractivity contribution >= 4 is 50.1 Å². The third kappa shape index (κ3) is 5.99. The van der Waals surface area contributed by atoms with Crippen LogP contribution in [0.5, 0.6) is 11.5 Å². The maximum Gasteiger partial charge on any atom is 0.262 e. The SMILES string of the molecule is COc1ccccc1NC(=S)Nc1cc(S(=O)(=O)Nc2ccccc2OC)ccc1N1CCOCC1. The van der Waals surface area contributed by atoms with Gasteiger partial charge >= 0.3 is 0 Å².